The van der Waals surface area contributed by atoms with E-state index in [4.69, 9.17) is 11.5 Å². The molecule has 0 aromatic heterocycles. The van der Waals surface area contributed by atoms with Gasteiger partial charge in [0.25, 0.3) is 0 Å². The summed E-state index contributed by atoms with van der Waals surface area (Å²) in [6.07, 6.45) is 1.40. The molecule has 0 aliphatic rings. The van der Waals surface area contributed by atoms with Gasteiger partial charge in [-0.25, -0.2) is 0 Å². The van der Waals surface area contributed by atoms with Crippen LogP contribution in [0.2, 0.25) is 0 Å². The van der Waals surface area contributed by atoms with Crippen LogP contribution in [-0.4, -0.2) is 18.5 Å². The molecule has 0 bridgehead atoms. The van der Waals surface area contributed by atoms with Gasteiger partial charge in [0.1, 0.15) is 0 Å². The Labute approximate surface area is 115 Å². The number of hydrogen-bond donors (Lipinski definition) is 3. The van der Waals surface area contributed by atoms with Crippen molar-refractivity contribution in [1.29, 1.82) is 0 Å². The van der Waals surface area contributed by atoms with E-state index < -0.39 is 6.04 Å². The molecule has 0 aliphatic heterocycles. The molecule has 1 amide bonds. The standard InChI is InChI=1S/C13H21N3O.ClH/c1-10(11-6-3-2-4-7-11)16-13(17)12(15)8-5-9-14;/h2-4,6-7,10,12H,5,8-9,14-15H2,1H3,(H,16,17);1H/t10?,12-;/m0./s1. The van der Waals surface area contributed by atoms with Crippen LogP contribution in [0.3, 0.4) is 0 Å². The van der Waals surface area contributed by atoms with Crippen LogP contribution in [0.1, 0.15) is 31.4 Å². The van der Waals surface area contributed by atoms with Crippen LogP contribution in [0.4, 0.5) is 0 Å². The molecule has 0 radical (unpaired) electrons. The summed E-state index contributed by atoms with van der Waals surface area (Å²) in [6, 6.07) is 9.33. The van der Waals surface area contributed by atoms with Crippen molar-refractivity contribution in [2.75, 3.05) is 6.54 Å². The maximum atomic E-state index is 11.8. The van der Waals surface area contributed by atoms with Gasteiger partial charge in [-0.3, -0.25) is 4.79 Å². The second kappa shape index (κ2) is 8.91. The van der Waals surface area contributed by atoms with Crippen LogP contribution in [0.15, 0.2) is 30.3 Å². The minimum Gasteiger partial charge on any atom is -0.348 e. The SMILES string of the molecule is CC(NC(=O)[C@@H](N)CCCN)c1ccccc1.Cl. The molecule has 1 aromatic carbocycles. The first-order valence-electron chi connectivity index (χ1n) is 5.96. The maximum absolute atomic E-state index is 11.8. The molecule has 0 spiro atoms. The molecule has 0 saturated heterocycles. The Hall–Kier alpha value is -1.10. The minimum atomic E-state index is -0.468. The molecule has 18 heavy (non-hydrogen) atoms. The molecule has 1 aromatic rings. The summed E-state index contributed by atoms with van der Waals surface area (Å²) in [5.74, 6) is -0.116. The van der Waals surface area contributed by atoms with Crippen molar-refractivity contribution in [3.8, 4) is 0 Å². The van der Waals surface area contributed by atoms with Gasteiger partial charge in [0.15, 0.2) is 0 Å². The molecule has 0 heterocycles. The number of hydrogen-bond acceptors (Lipinski definition) is 3. The fourth-order valence-corrected chi connectivity index (χ4v) is 1.61. The van der Waals surface area contributed by atoms with E-state index in [-0.39, 0.29) is 24.4 Å². The van der Waals surface area contributed by atoms with Crippen LogP contribution in [-0.2, 0) is 4.79 Å². The fourth-order valence-electron chi connectivity index (χ4n) is 1.61. The average molecular weight is 272 g/mol. The highest BCUT2D eigenvalue weighted by Gasteiger charge is 2.15. The Balaban J connectivity index is 0.00000289. The number of amides is 1. The monoisotopic (exact) mass is 271 g/mol. The molecule has 1 rings (SSSR count). The first kappa shape index (κ1) is 16.9. The zero-order valence-corrected chi connectivity index (χ0v) is 11.5. The van der Waals surface area contributed by atoms with Gasteiger partial charge in [-0.15, -0.1) is 12.4 Å². The van der Waals surface area contributed by atoms with Crippen molar-refractivity contribution in [2.24, 2.45) is 11.5 Å². The molecular weight excluding hydrogens is 250 g/mol. The molecule has 0 saturated carbocycles. The molecule has 1 unspecified atom stereocenters. The van der Waals surface area contributed by atoms with E-state index in [9.17, 15) is 4.79 Å². The highest BCUT2D eigenvalue weighted by atomic mass is 35.5. The lowest BCUT2D eigenvalue weighted by atomic mass is 10.1. The Morgan fingerprint density at radius 2 is 1.94 bits per heavy atom. The molecule has 0 fully saturated rings. The van der Waals surface area contributed by atoms with Gasteiger partial charge in [0.2, 0.25) is 5.91 Å². The predicted octanol–water partition coefficient (Wildman–Crippen LogP) is 1.35. The molecule has 4 nitrogen and oxygen atoms in total. The third-order valence-corrected chi connectivity index (χ3v) is 2.71. The van der Waals surface area contributed by atoms with Crippen LogP contribution in [0.5, 0.6) is 0 Å². The highest BCUT2D eigenvalue weighted by Crippen LogP contribution is 2.11. The lowest BCUT2D eigenvalue weighted by Gasteiger charge is -2.17. The van der Waals surface area contributed by atoms with Gasteiger partial charge < -0.3 is 16.8 Å². The Bertz CT molecular complexity index is 345. The molecular formula is C13H22ClN3O. The number of halogens is 1. The van der Waals surface area contributed by atoms with E-state index in [1.54, 1.807) is 0 Å². The van der Waals surface area contributed by atoms with Crippen LogP contribution in [0.25, 0.3) is 0 Å². The first-order chi connectivity index (χ1) is 8.15. The summed E-state index contributed by atoms with van der Waals surface area (Å²) in [4.78, 5) is 11.8. The molecule has 2 atom stereocenters. The zero-order valence-electron chi connectivity index (χ0n) is 10.6. The van der Waals surface area contributed by atoms with Crippen molar-refractivity contribution in [3.63, 3.8) is 0 Å². The topological polar surface area (TPSA) is 81.1 Å². The summed E-state index contributed by atoms with van der Waals surface area (Å²) in [6.45, 7) is 2.51. The Morgan fingerprint density at radius 1 is 1.33 bits per heavy atom. The van der Waals surface area contributed by atoms with Crippen molar-refractivity contribution in [3.05, 3.63) is 35.9 Å². The van der Waals surface area contributed by atoms with E-state index in [1.807, 2.05) is 37.3 Å². The molecule has 0 aliphatic carbocycles. The van der Waals surface area contributed by atoms with E-state index in [1.165, 1.54) is 0 Å². The van der Waals surface area contributed by atoms with E-state index >= 15 is 0 Å². The van der Waals surface area contributed by atoms with Crippen molar-refractivity contribution in [2.45, 2.75) is 31.8 Å². The smallest absolute Gasteiger partial charge is 0.237 e. The van der Waals surface area contributed by atoms with Crippen molar-refractivity contribution in [1.82, 2.24) is 5.32 Å². The van der Waals surface area contributed by atoms with Gasteiger partial charge in [-0.2, -0.15) is 0 Å². The van der Waals surface area contributed by atoms with Crippen molar-refractivity contribution < 1.29 is 4.79 Å². The highest BCUT2D eigenvalue weighted by molar-refractivity contribution is 5.85. The van der Waals surface area contributed by atoms with Gasteiger partial charge in [-0.1, -0.05) is 30.3 Å². The maximum Gasteiger partial charge on any atom is 0.237 e. The van der Waals surface area contributed by atoms with E-state index in [0.29, 0.717) is 13.0 Å². The third kappa shape index (κ3) is 5.49. The van der Waals surface area contributed by atoms with E-state index in [2.05, 4.69) is 5.32 Å². The number of benzene rings is 1. The zero-order chi connectivity index (χ0) is 12.7. The second-order valence-corrected chi connectivity index (χ2v) is 4.18. The van der Waals surface area contributed by atoms with Crippen LogP contribution < -0.4 is 16.8 Å². The summed E-state index contributed by atoms with van der Waals surface area (Å²) in [5, 5.41) is 2.90. The largest absolute Gasteiger partial charge is 0.348 e. The summed E-state index contributed by atoms with van der Waals surface area (Å²) in [5.41, 5.74) is 12.2. The van der Waals surface area contributed by atoms with Crippen LogP contribution in [0, 0.1) is 0 Å². The van der Waals surface area contributed by atoms with Gasteiger partial charge in [0, 0.05) is 0 Å². The predicted molar refractivity (Wildman–Crippen MR) is 76.5 cm³/mol. The van der Waals surface area contributed by atoms with Gasteiger partial charge >= 0.3 is 0 Å². The quantitative estimate of drug-likeness (QED) is 0.731. The second-order valence-electron chi connectivity index (χ2n) is 4.18. The summed E-state index contributed by atoms with van der Waals surface area (Å²) >= 11 is 0. The molecule has 5 N–H and O–H groups in total. The molecule has 5 heteroatoms. The van der Waals surface area contributed by atoms with Crippen molar-refractivity contribution >= 4 is 18.3 Å². The first-order valence-corrected chi connectivity index (χ1v) is 5.96. The Kier molecular flexibility index (Phi) is 8.37. The summed E-state index contributed by atoms with van der Waals surface area (Å²) in [7, 11) is 0. The number of nitrogens with two attached hydrogens (primary N) is 2. The number of nitrogens with one attached hydrogen (secondary N) is 1. The Morgan fingerprint density at radius 3 is 2.50 bits per heavy atom. The fraction of sp³-hybridized carbons (Fsp3) is 0.462. The minimum absolute atomic E-state index is 0. The number of carbonyl (C=O) groups is 1. The lowest BCUT2D eigenvalue weighted by molar-refractivity contribution is -0.123. The van der Waals surface area contributed by atoms with E-state index in [0.717, 1.165) is 12.0 Å². The summed E-state index contributed by atoms with van der Waals surface area (Å²) < 4.78 is 0. The normalized spacial score (nSPS) is 13.3. The molecule has 102 valence electrons. The third-order valence-electron chi connectivity index (χ3n) is 2.71. The van der Waals surface area contributed by atoms with Crippen LogP contribution >= 0.6 is 12.4 Å². The average Bonchev–Trinajstić information content (AvgIpc) is 2.36. The number of rotatable bonds is 6. The number of carbonyl (C=O) groups excluding carboxylic acids is 1. The van der Waals surface area contributed by atoms with Gasteiger partial charge in [-0.05, 0) is 31.9 Å². The lowest BCUT2D eigenvalue weighted by Crippen LogP contribution is -2.41. The van der Waals surface area contributed by atoms with Gasteiger partial charge in [0.05, 0.1) is 12.1 Å².